The van der Waals surface area contributed by atoms with Gasteiger partial charge in [0.2, 0.25) is 6.08 Å². The highest BCUT2D eigenvalue weighted by Crippen LogP contribution is 2.23. The van der Waals surface area contributed by atoms with E-state index in [4.69, 9.17) is 11.6 Å². The largest absolute Gasteiger partial charge is 0.234 e. The Hall–Kier alpha value is -0.630. The number of aliphatic imine (C=N–C) groups is 1. The summed E-state index contributed by atoms with van der Waals surface area (Å²) in [6, 6.07) is 5.64. The second-order valence-corrected chi connectivity index (χ2v) is 3.73. The molecule has 4 heteroatoms. The summed E-state index contributed by atoms with van der Waals surface area (Å²) in [4.78, 5) is 13.3. The van der Waals surface area contributed by atoms with Gasteiger partial charge in [-0.3, -0.25) is 0 Å². The fraction of sp³-hybridized carbons (Fsp3) is 0.222. The zero-order valence-corrected chi connectivity index (χ0v) is 9.10. The van der Waals surface area contributed by atoms with Crippen molar-refractivity contribution in [2.24, 2.45) is 4.99 Å². The zero-order valence-electron chi connectivity index (χ0n) is 6.76. The van der Waals surface area contributed by atoms with E-state index in [0.717, 1.165) is 16.5 Å². The van der Waals surface area contributed by atoms with Gasteiger partial charge in [0.25, 0.3) is 0 Å². The van der Waals surface area contributed by atoms with Crippen LogP contribution in [0.4, 0.5) is 0 Å². The van der Waals surface area contributed by atoms with Crippen LogP contribution in [0.15, 0.2) is 27.7 Å². The Kier molecular flexibility index (Phi) is 4.16. The Morgan fingerprint density at radius 3 is 2.92 bits per heavy atom. The van der Waals surface area contributed by atoms with Gasteiger partial charge in [0.1, 0.15) is 0 Å². The van der Waals surface area contributed by atoms with Gasteiger partial charge in [-0.05, 0) is 40.0 Å². The van der Waals surface area contributed by atoms with Crippen LogP contribution in [0.3, 0.4) is 0 Å². The summed E-state index contributed by atoms with van der Waals surface area (Å²) < 4.78 is 0.863. The smallest absolute Gasteiger partial charge is 0.211 e. The molecular weight excluding hydrogens is 253 g/mol. The molecule has 0 aliphatic rings. The van der Waals surface area contributed by atoms with Gasteiger partial charge in [0.15, 0.2) is 0 Å². The van der Waals surface area contributed by atoms with Crippen LogP contribution in [0.2, 0.25) is 5.02 Å². The molecule has 0 saturated carbocycles. The zero-order chi connectivity index (χ0) is 9.68. The van der Waals surface area contributed by atoms with Crippen molar-refractivity contribution in [2.45, 2.75) is 6.42 Å². The van der Waals surface area contributed by atoms with E-state index >= 15 is 0 Å². The SMILES string of the molecule is O=C=NCCc1ccc(Cl)c(Br)c1. The molecule has 0 aliphatic heterocycles. The molecule has 68 valence electrons. The molecule has 0 bridgehead atoms. The van der Waals surface area contributed by atoms with Crippen LogP contribution in [-0.4, -0.2) is 12.6 Å². The normalized spacial score (nSPS) is 9.38. The second kappa shape index (κ2) is 5.18. The average Bonchev–Trinajstić information content (AvgIpc) is 2.12. The topological polar surface area (TPSA) is 29.4 Å². The molecule has 0 unspecified atom stereocenters. The van der Waals surface area contributed by atoms with Crippen LogP contribution in [0, 0.1) is 0 Å². The van der Waals surface area contributed by atoms with E-state index in [0.29, 0.717) is 11.6 Å². The number of rotatable bonds is 3. The van der Waals surface area contributed by atoms with Gasteiger partial charge in [-0.1, -0.05) is 17.7 Å². The number of benzene rings is 1. The second-order valence-electron chi connectivity index (χ2n) is 2.47. The Bertz CT molecular complexity index is 347. The van der Waals surface area contributed by atoms with E-state index in [2.05, 4.69) is 20.9 Å². The van der Waals surface area contributed by atoms with Gasteiger partial charge >= 0.3 is 0 Å². The summed E-state index contributed by atoms with van der Waals surface area (Å²) in [7, 11) is 0. The molecular formula is C9H7BrClNO. The van der Waals surface area contributed by atoms with Crippen molar-refractivity contribution in [3.05, 3.63) is 33.3 Å². The summed E-state index contributed by atoms with van der Waals surface area (Å²) in [5, 5.41) is 0.683. The molecule has 0 saturated heterocycles. The number of nitrogens with zero attached hydrogens (tertiary/aromatic N) is 1. The predicted molar refractivity (Wildman–Crippen MR) is 55.8 cm³/mol. The highest BCUT2D eigenvalue weighted by Gasteiger charge is 1.98. The lowest BCUT2D eigenvalue weighted by molar-refractivity contribution is 0.563. The quantitative estimate of drug-likeness (QED) is 0.607. The lowest BCUT2D eigenvalue weighted by atomic mass is 10.1. The van der Waals surface area contributed by atoms with Crippen molar-refractivity contribution in [2.75, 3.05) is 6.54 Å². The molecule has 1 aromatic carbocycles. The van der Waals surface area contributed by atoms with Crippen LogP contribution < -0.4 is 0 Å². The van der Waals surface area contributed by atoms with E-state index in [1.165, 1.54) is 6.08 Å². The fourth-order valence-corrected chi connectivity index (χ4v) is 1.47. The summed E-state index contributed by atoms with van der Waals surface area (Å²) in [6.07, 6.45) is 2.23. The predicted octanol–water partition coefficient (Wildman–Crippen LogP) is 2.98. The minimum Gasteiger partial charge on any atom is -0.211 e. The maximum Gasteiger partial charge on any atom is 0.234 e. The number of carbonyl (C=O) groups excluding carboxylic acids is 1. The van der Waals surface area contributed by atoms with E-state index in [1.54, 1.807) is 0 Å². The Labute approximate surface area is 89.8 Å². The molecule has 1 rings (SSSR count). The van der Waals surface area contributed by atoms with Gasteiger partial charge < -0.3 is 0 Å². The molecule has 0 radical (unpaired) electrons. The van der Waals surface area contributed by atoms with Crippen molar-refractivity contribution < 1.29 is 4.79 Å². The lowest BCUT2D eigenvalue weighted by Crippen LogP contribution is -1.88. The van der Waals surface area contributed by atoms with E-state index in [1.807, 2.05) is 18.2 Å². The molecule has 0 aromatic heterocycles. The molecule has 0 N–H and O–H groups in total. The third-order valence-electron chi connectivity index (χ3n) is 1.56. The van der Waals surface area contributed by atoms with Crippen molar-refractivity contribution in [1.29, 1.82) is 0 Å². The van der Waals surface area contributed by atoms with Gasteiger partial charge in [-0.25, -0.2) is 9.79 Å². The van der Waals surface area contributed by atoms with E-state index in [-0.39, 0.29) is 0 Å². The Morgan fingerprint density at radius 2 is 2.31 bits per heavy atom. The van der Waals surface area contributed by atoms with Crippen LogP contribution >= 0.6 is 27.5 Å². The monoisotopic (exact) mass is 259 g/mol. The number of isocyanates is 1. The van der Waals surface area contributed by atoms with Gasteiger partial charge in [-0.15, -0.1) is 0 Å². The van der Waals surface area contributed by atoms with E-state index in [9.17, 15) is 4.79 Å². The van der Waals surface area contributed by atoms with Crippen LogP contribution in [0.5, 0.6) is 0 Å². The molecule has 0 fully saturated rings. The standard InChI is InChI=1S/C9H7BrClNO/c10-8-5-7(1-2-9(8)11)3-4-12-6-13/h1-2,5H,3-4H2. The molecule has 0 amide bonds. The lowest BCUT2D eigenvalue weighted by Gasteiger charge is -1.99. The Morgan fingerprint density at radius 1 is 1.54 bits per heavy atom. The molecule has 13 heavy (non-hydrogen) atoms. The fourth-order valence-electron chi connectivity index (χ4n) is 0.926. The van der Waals surface area contributed by atoms with Gasteiger partial charge in [-0.2, -0.15) is 0 Å². The first-order chi connectivity index (χ1) is 6.24. The van der Waals surface area contributed by atoms with Crippen molar-refractivity contribution in [3.63, 3.8) is 0 Å². The maximum absolute atomic E-state index is 9.79. The third kappa shape index (κ3) is 3.31. The van der Waals surface area contributed by atoms with Crippen LogP contribution in [0.25, 0.3) is 0 Å². The average molecular weight is 261 g/mol. The molecule has 0 aliphatic carbocycles. The first-order valence-electron chi connectivity index (χ1n) is 3.71. The Balaban J connectivity index is 2.68. The van der Waals surface area contributed by atoms with Gasteiger partial charge in [0, 0.05) is 4.47 Å². The summed E-state index contributed by atoms with van der Waals surface area (Å²) >= 11 is 9.12. The highest BCUT2D eigenvalue weighted by atomic mass is 79.9. The molecule has 0 atom stereocenters. The van der Waals surface area contributed by atoms with Crippen molar-refractivity contribution in [1.82, 2.24) is 0 Å². The van der Waals surface area contributed by atoms with Crippen molar-refractivity contribution in [3.8, 4) is 0 Å². The molecule has 0 spiro atoms. The molecule has 0 heterocycles. The van der Waals surface area contributed by atoms with Gasteiger partial charge in [0.05, 0.1) is 11.6 Å². The van der Waals surface area contributed by atoms with E-state index < -0.39 is 0 Å². The minimum absolute atomic E-state index is 0.470. The summed E-state index contributed by atoms with van der Waals surface area (Å²) in [5.41, 5.74) is 1.09. The first-order valence-corrected chi connectivity index (χ1v) is 4.88. The number of hydrogen-bond donors (Lipinski definition) is 0. The number of hydrogen-bond acceptors (Lipinski definition) is 2. The van der Waals surface area contributed by atoms with Crippen LogP contribution in [0.1, 0.15) is 5.56 Å². The molecule has 1 aromatic rings. The minimum atomic E-state index is 0.470. The maximum atomic E-state index is 9.79. The third-order valence-corrected chi connectivity index (χ3v) is 2.77. The number of halogens is 2. The summed E-state index contributed by atoms with van der Waals surface area (Å²) in [5.74, 6) is 0. The first kappa shape index (κ1) is 10.5. The van der Waals surface area contributed by atoms with Crippen LogP contribution in [-0.2, 0) is 11.2 Å². The highest BCUT2D eigenvalue weighted by molar-refractivity contribution is 9.10. The summed E-state index contributed by atoms with van der Waals surface area (Å²) in [6.45, 7) is 0.470. The van der Waals surface area contributed by atoms with Crippen molar-refractivity contribution >= 4 is 33.6 Å². The molecule has 2 nitrogen and oxygen atoms in total.